The molecule has 0 bridgehead atoms. The van der Waals surface area contributed by atoms with Crippen LogP contribution in [0.2, 0.25) is 0 Å². The van der Waals surface area contributed by atoms with E-state index < -0.39 is 6.23 Å². The molecule has 0 saturated heterocycles. The van der Waals surface area contributed by atoms with E-state index in [4.69, 9.17) is 9.51 Å². The fourth-order valence-corrected chi connectivity index (χ4v) is 3.84. The van der Waals surface area contributed by atoms with Gasteiger partial charge in [-0.05, 0) is 26.4 Å². The van der Waals surface area contributed by atoms with Crippen LogP contribution in [0.5, 0.6) is 0 Å². The Labute approximate surface area is 177 Å². The van der Waals surface area contributed by atoms with Crippen molar-refractivity contribution in [1.29, 1.82) is 0 Å². The molecular formula is C23H31N5O2. The lowest BCUT2D eigenvalue weighted by molar-refractivity contribution is 0.199. The molecule has 1 aliphatic heterocycles. The molecule has 30 heavy (non-hydrogen) atoms. The number of aliphatic hydroxyl groups excluding tert-OH is 1. The first-order valence-electron chi connectivity index (χ1n) is 10.6. The number of hydrogen-bond acceptors (Lipinski definition) is 6. The first kappa shape index (κ1) is 20.6. The Morgan fingerprint density at radius 3 is 2.83 bits per heavy atom. The summed E-state index contributed by atoms with van der Waals surface area (Å²) < 4.78 is 7.71. The Balaban J connectivity index is 1.68. The van der Waals surface area contributed by atoms with E-state index in [0.29, 0.717) is 11.5 Å². The summed E-state index contributed by atoms with van der Waals surface area (Å²) in [5, 5.41) is 18.2. The number of aliphatic hydroxyl groups is 1. The minimum absolute atomic E-state index is 0.147. The molecule has 1 unspecified atom stereocenters. The molecule has 2 aliphatic rings. The second kappa shape index (κ2) is 8.24. The summed E-state index contributed by atoms with van der Waals surface area (Å²) in [4.78, 5) is 7.17. The lowest BCUT2D eigenvalue weighted by atomic mass is 9.93. The van der Waals surface area contributed by atoms with Gasteiger partial charge in [0.25, 0.3) is 0 Å². The van der Waals surface area contributed by atoms with Crippen molar-refractivity contribution in [1.82, 2.24) is 19.6 Å². The number of imidazole rings is 1. The summed E-state index contributed by atoms with van der Waals surface area (Å²) >= 11 is 0. The van der Waals surface area contributed by atoms with E-state index in [9.17, 15) is 5.11 Å². The van der Waals surface area contributed by atoms with Gasteiger partial charge < -0.3 is 24.4 Å². The molecule has 0 amide bonds. The third-order valence-electron chi connectivity index (χ3n) is 5.49. The predicted octanol–water partition coefficient (Wildman–Crippen LogP) is 4.01. The predicted molar refractivity (Wildman–Crippen MR) is 118 cm³/mol. The summed E-state index contributed by atoms with van der Waals surface area (Å²) in [6.07, 6.45) is 11.4. The van der Waals surface area contributed by atoms with E-state index >= 15 is 0 Å². The number of nitrogens with one attached hydrogen (secondary N) is 1. The van der Waals surface area contributed by atoms with Crippen molar-refractivity contribution in [3.63, 3.8) is 0 Å². The van der Waals surface area contributed by atoms with Crippen LogP contribution < -0.4 is 5.32 Å². The van der Waals surface area contributed by atoms with Crippen LogP contribution in [0, 0.1) is 0 Å². The van der Waals surface area contributed by atoms with Crippen LogP contribution >= 0.6 is 0 Å². The molecule has 7 heteroatoms. The average Bonchev–Trinajstić information content (AvgIpc) is 3.11. The average molecular weight is 410 g/mol. The highest BCUT2D eigenvalue weighted by molar-refractivity contribution is 5.71. The molecule has 2 aromatic heterocycles. The van der Waals surface area contributed by atoms with Crippen molar-refractivity contribution < 1.29 is 9.63 Å². The summed E-state index contributed by atoms with van der Waals surface area (Å²) in [5.74, 6) is 2.18. The topological polar surface area (TPSA) is 79.4 Å². The Hall–Kier alpha value is -2.64. The maximum Gasteiger partial charge on any atom is 0.171 e. The highest BCUT2D eigenvalue weighted by Gasteiger charge is 2.27. The molecule has 3 heterocycles. The van der Waals surface area contributed by atoms with Crippen molar-refractivity contribution in [2.75, 3.05) is 18.9 Å². The zero-order chi connectivity index (χ0) is 21.3. The zero-order valence-corrected chi connectivity index (χ0v) is 18.2. The SMILES string of the molecule is CN1CCCn2c(C3=CCC=CC=C3)nc(C(O)Nc3cc(C(C)(C)C)on3)c2C1. The maximum absolute atomic E-state index is 11.1. The molecule has 4 rings (SSSR count). The number of nitrogens with zero attached hydrogens (tertiary/aromatic N) is 4. The van der Waals surface area contributed by atoms with Gasteiger partial charge in [-0.15, -0.1) is 0 Å². The smallest absolute Gasteiger partial charge is 0.171 e. The summed E-state index contributed by atoms with van der Waals surface area (Å²) in [5.41, 5.74) is 2.62. The van der Waals surface area contributed by atoms with E-state index in [1.807, 2.05) is 12.1 Å². The molecule has 7 nitrogen and oxygen atoms in total. The van der Waals surface area contributed by atoms with E-state index in [2.05, 4.69) is 72.1 Å². The first-order valence-corrected chi connectivity index (χ1v) is 10.6. The van der Waals surface area contributed by atoms with Gasteiger partial charge in [0.2, 0.25) is 0 Å². The minimum Gasteiger partial charge on any atom is -0.368 e. The lowest BCUT2D eigenvalue weighted by Crippen LogP contribution is -2.20. The molecule has 1 atom stereocenters. The molecule has 2 N–H and O–H groups in total. The minimum atomic E-state index is -0.974. The molecule has 0 radical (unpaired) electrons. The van der Waals surface area contributed by atoms with Crippen molar-refractivity contribution in [2.45, 2.75) is 58.3 Å². The molecule has 0 spiro atoms. The fourth-order valence-electron chi connectivity index (χ4n) is 3.84. The second-order valence-electron chi connectivity index (χ2n) is 9.07. The van der Waals surface area contributed by atoms with E-state index in [0.717, 1.165) is 55.3 Å². The van der Waals surface area contributed by atoms with Gasteiger partial charge in [0, 0.05) is 30.1 Å². The largest absolute Gasteiger partial charge is 0.368 e. The Morgan fingerprint density at radius 2 is 2.07 bits per heavy atom. The second-order valence-corrected chi connectivity index (χ2v) is 9.07. The van der Waals surface area contributed by atoms with Gasteiger partial charge in [-0.3, -0.25) is 0 Å². The zero-order valence-electron chi connectivity index (χ0n) is 18.2. The van der Waals surface area contributed by atoms with E-state index in [1.54, 1.807) is 0 Å². The third kappa shape index (κ3) is 4.27. The number of aromatic nitrogens is 3. The van der Waals surface area contributed by atoms with Crippen LogP contribution in [0.4, 0.5) is 5.82 Å². The normalized spacial score (nSPS) is 18.5. The van der Waals surface area contributed by atoms with Crippen LogP contribution in [-0.4, -0.2) is 38.3 Å². The highest BCUT2D eigenvalue weighted by atomic mass is 16.5. The monoisotopic (exact) mass is 409 g/mol. The van der Waals surface area contributed by atoms with Gasteiger partial charge in [0.1, 0.15) is 17.3 Å². The van der Waals surface area contributed by atoms with Gasteiger partial charge in [-0.25, -0.2) is 4.98 Å². The van der Waals surface area contributed by atoms with Gasteiger partial charge >= 0.3 is 0 Å². The third-order valence-corrected chi connectivity index (χ3v) is 5.49. The van der Waals surface area contributed by atoms with Crippen LogP contribution in [0.3, 0.4) is 0 Å². The van der Waals surface area contributed by atoms with Crippen molar-refractivity contribution in [3.8, 4) is 0 Å². The molecule has 2 aromatic rings. The van der Waals surface area contributed by atoms with Crippen molar-refractivity contribution in [2.24, 2.45) is 0 Å². The number of allylic oxidation sites excluding steroid dienone is 6. The number of anilines is 1. The van der Waals surface area contributed by atoms with Gasteiger partial charge in [-0.2, -0.15) is 0 Å². The van der Waals surface area contributed by atoms with Gasteiger partial charge in [0.15, 0.2) is 12.0 Å². The maximum atomic E-state index is 11.1. The van der Waals surface area contributed by atoms with Crippen LogP contribution in [0.15, 0.2) is 41.0 Å². The van der Waals surface area contributed by atoms with Crippen molar-refractivity contribution >= 4 is 11.4 Å². The number of fused-ring (bicyclic) bond motifs is 1. The molecule has 0 aromatic carbocycles. The van der Waals surface area contributed by atoms with Gasteiger partial charge in [-0.1, -0.05) is 56.3 Å². The fraction of sp³-hybridized carbons (Fsp3) is 0.478. The molecule has 1 aliphatic carbocycles. The standard InChI is InChI=1S/C23H31N5O2/c1-23(2,3)18-14-19(26-30-18)24-22(29)20-17-15-27(4)12-9-13-28(17)21(25-20)16-10-7-5-6-8-11-16/h5-7,10-11,14,22,29H,8-9,12-13,15H2,1-4H3,(H,24,26). The van der Waals surface area contributed by atoms with Crippen molar-refractivity contribution in [3.05, 3.63) is 59.4 Å². The molecule has 0 saturated carbocycles. The molecular weight excluding hydrogens is 378 g/mol. The Kier molecular flexibility index (Phi) is 5.66. The number of hydrogen-bond donors (Lipinski definition) is 2. The van der Waals surface area contributed by atoms with Crippen LogP contribution in [0.25, 0.3) is 5.57 Å². The van der Waals surface area contributed by atoms with E-state index in [-0.39, 0.29) is 5.41 Å². The quantitative estimate of drug-likeness (QED) is 0.743. The molecule has 0 fully saturated rings. The molecule has 160 valence electrons. The van der Waals surface area contributed by atoms with E-state index in [1.165, 1.54) is 0 Å². The Bertz CT molecular complexity index is 990. The summed E-state index contributed by atoms with van der Waals surface area (Å²) in [7, 11) is 2.11. The van der Waals surface area contributed by atoms with Crippen LogP contribution in [-0.2, 0) is 18.5 Å². The van der Waals surface area contributed by atoms with Gasteiger partial charge in [0.05, 0.1) is 5.69 Å². The highest BCUT2D eigenvalue weighted by Crippen LogP contribution is 2.30. The Morgan fingerprint density at radius 1 is 1.23 bits per heavy atom. The first-order chi connectivity index (χ1) is 14.3. The lowest BCUT2D eigenvalue weighted by Gasteiger charge is -2.16. The summed E-state index contributed by atoms with van der Waals surface area (Å²) in [6, 6.07) is 1.84. The summed E-state index contributed by atoms with van der Waals surface area (Å²) in [6.45, 7) is 8.82. The van der Waals surface area contributed by atoms with Crippen LogP contribution in [0.1, 0.15) is 62.8 Å². The number of rotatable bonds is 4.